The molecule has 6 saturated carbocycles. The van der Waals surface area contributed by atoms with Crippen LogP contribution in [0.15, 0.2) is 0 Å². The van der Waals surface area contributed by atoms with Gasteiger partial charge in [-0.3, -0.25) is 0 Å². The van der Waals surface area contributed by atoms with Gasteiger partial charge in [0.1, 0.15) is 0 Å². The van der Waals surface area contributed by atoms with Crippen molar-refractivity contribution in [2.45, 2.75) is 129 Å². The van der Waals surface area contributed by atoms with Crippen molar-refractivity contribution in [2.75, 3.05) is 0 Å². The van der Waals surface area contributed by atoms with Gasteiger partial charge in [-0.2, -0.15) is 0 Å². The first-order valence-electron chi connectivity index (χ1n) is 14.7. The van der Waals surface area contributed by atoms with E-state index in [4.69, 9.17) is 0 Å². The number of hydrogen-bond donors (Lipinski definition) is 0. The first kappa shape index (κ1) is 21.8. The smallest absolute Gasteiger partial charge is 0.0328 e. The molecule has 0 N–H and O–H groups in total. The summed E-state index contributed by atoms with van der Waals surface area (Å²) in [5, 5.41) is 0. The number of rotatable bonds is 5. The van der Waals surface area contributed by atoms with Gasteiger partial charge in [-0.15, -0.1) is 0 Å². The van der Waals surface area contributed by atoms with Crippen LogP contribution in [0.1, 0.15) is 129 Å². The molecule has 6 fully saturated rings. The van der Waals surface area contributed by atoms with Gasteiger partial charge in [0.05, 0.1) is 0 Å². The van der Waals surface area contributed by atoms with Crippen LogP contribution in [0.5, 0.6) is 0 Å². The lowest BCUT2D eigenvalue weighted by Gasteiger charge is -2.56. The fourth-order valence-electron chi connectivity index (χ4n) is 9.95. The molecule has 0 aromatic carbocycles. The van der Waals surface area contributed by atoms with E-state index in [9.17, 15) is 0 Å². The Labute approximate surface area is 188 Å². The predicted octanol–water partition coefficient (Wildman–Crippen LogP) is 9.28. The molecule has 0 amide bonds. The highest BCUT2D eigenvalue weighted by atomic mass is 14.6. The fraction of sp³-hybridized carbons (Fsp3) is 1.00. The predicted molar refractivity (Wildman–Crippen MR) is 129 cm³/mol. The van der Waals surface area contributed by atoms with Crippen molar-refractivity contribution in [3.8, 4) is 0 Å². The van der Waals surface area contributed by atoms with Crippen LogP contribution >= 0.6 is 0 Å². The summed E-state index contributed by atoms with van der Waals surface area (Å²) in [4.78, 5) is 0. The lowest BCUT2D eigenvalue weighted by atomic mass is 9.49. The van der Waals surface area contributed by atoms with Crippen molar-refractivity contribution < 1.29 is 0 Å². The molecule has 0 nitrogen and oxygen atoms in total. The zero-order valence-electron chi connectivity index (χ0n) is 20.5. The molecular weight excluding hydrogens is 360 g/mol. The summed E-state index contributed by atoms with van der Waals surface area (Å²) in [5.41, 5.74) is 0. The third-order valence-electron chi connectivity index (χ3n) is 11.4. The maximum Gasteiger partial charge on any atom is -0.0328 e. The molecule has 0 heteroatoms. The van der Waals surface area contributed by atoms with Crippen molar-refractivity contribution in [3.63, 3.8) is 0 Å². The Kier molecular flexibility index (Phi) is 7.18. The topological polar surface area (TPSA) is 0 Å². The monoisotopic (exact) mass is 412 g/mol. The maximum absolute atomic E-state index is 2.62. The van der Waals surface area contributed by atoms with E-state index in [0.29, 0.717) is 0 Å². The van der Waals surface area contributed by atoms with Crippen LogP contribution in [-0.4, -0.2) is 0 Å². The summed E-state index contributed by atoms with van der Waals surface area (Å²) in [7, 11) is 0. The molecule has 0 heterocycles. The quantitative estimate of drug-likeness (QED) is 0.422. The van der Waals surface area contributed by atoms with E-state index in [2.05, 4.69) is 13.8 Å². The van der Waals surface area contributed by atoms with Gasteiger partial charge in [-0.1, -0.05) is 71.6 Å². The largest absolute Gasteiger partial charge is 0.0651 e. The summed E-state index contributed by atoms with van der Waals surface area (Å²) in [6.07, 6.45) is 28.2. The van der Waals surface area contributed by atoms with Gasteiger partial charge in [0.15, 0.2) is 0 Å². The summed E-state index contributed by atoms with van der Waals surface area (Å²) >= 11 is 0. The molecule has 5 atom stereocenters. The highest BCUT2D eigenvalue weighted by Gasteiger charge is 2.51. The minimum absolute atomic E-state index is 0.985. The van der Waals surface area contributed by atoms with Crippen molar-refractivity contribution in [2.24, 2.45) is 59.2 Å². The van der Waals surface area contributed by atoms with Crippen molar-refractivity contribution in [1.29, 1.82) is 0 Å². The molecule has 6 aliphatic carbocycles. The van der Waals surface area contributed by atoms with E-state index in [-0.39, 0.29) is 0 Å². The van der Waals surface area contributed by atoms with Gasteiger partial charge in [0, 0.05) is 0 Å². The molecule has 0 spiro atoms. The van der Waals surface area contributed by atoms with Crippen LogP contribution in [0, 0.1) is 59.2 Å². The van der Waals surface area contributed by atoms with Gasteiger partial charge in [0.25, 0.3) is 0 Å². The maximum atomic E-state index is 2.62. The molecule has 0 aromatic rings. The molecule has 6 rings (SSSR count). The molecule has 0 aromatic heterocycles. The van der Waals surface area contributed by atoms with E-state index in [1.807, 2.05) is 0 Å². The molecule has 6 aliphatic rings. The van der Waals surface area contributed by atoms with E-state index in [1.54, 1.807) is 70.6 Å². The SMILES string of the molecule is CCC1CCCCCCC(C)C(CCC2CCC(C3C4CC5CC(C4)CC3C5)C2)C1. The highest BCUT2D eigenvalue weighted by Crippen LogP contribution is 2.60. The third-order valence-corrected chi connectivity index (χ3v) is 11.4. The molecule has 0 saturated heterocycles. The van der Waals surface area contributed by atoms with Crippen molar-refractivity contribution >= 4 is 0 Å². The molecule has 4 bridgehead atoms. The minimum Gasteiger partial charge on any atom is -0.0651 e. The average molecular weight is 413 g/mol. The normalized spacial score (nSPS) is 49.4. The van der Waals surface area contributed by atoms with Gasteiger partial charge < -0.3 is 0 Å². The van der Waals surface area contributed by atoms with E-state index >= 15 is 0 Å². The first-order chi connectivity index (χ1) is 14.7. The van der Waals surface area contributed by atoms with Crippen molar-refractivity contribution in [3.05, 3.63) is 0 Å². The Morgan fingerprint density at radius 2 is 1.27 bits per heavy atom. The molecule has 0 radical (unpaired) electrons. The standard InChI is InChI=1S/C30H52/c1-3-22-9-7-5-4-6-8-21(2)26(15-22)12-10-23-11-13-27(16-23)30-28-17-24-14-25(19-28)20-29(30)18-24/h21-30H,3-20H2,1-2H3. The molecule has 172 valence electrons. The van der Waals surface area contributed by atoms with Crippen LogP contribution in [0.3, 0.4) is 0 Å². The highest BCUT2D eigenvalue weighted by molar-refractivity contribution is 5.01. The summed E-state index contributed by atoms with van der Waals surface area (Å²) in [6.45, 7) is 5.08. The Morgan fingerprint density at radius 3 is 1.97 bits per heavy atom. The van der Waals surface area contributed by atoms with Crippen LogP contribution in [0.2, 0.25) is 0 Å². The number of hydrogen-bond acceptors (Lipinski definition) is 0. The van der Waals surface area contributed by atoms with Crippen LogP contribution in [0.25, 0.3) is 0 Å². The zero-order chi connectivity index (χ0) is 20.5. The minimum atomic E-state index is 0.985. The lowest BCUT2D eigenvalue weighted by Crippen LogP contribution is -2.47. The van der Waals surface area contributed by atoms with Gasteiger partial charge >= 0.3 is 0 Å². The average Bonchev–Trinajstić information content (AvgIpc) is 3.19. The van der Waals surface area contributed by atoms with E-state index < -0.39 is 0 Å². The summed E-state index contributed by atoms with van der Waals surface area (Å²) in [5.74, 6) is 11.1. The van der Waals surface area contributed by atoms with Crippen LogP contribution < -0.4 is 0 Å². The second-order valence-corrected chi connectivity index (χ2v) is 13.3. The third kappa shape index (κ3) is 4.83. The zero-order valence-corrected chi connectivity index (χ0v) is 20.5. The Hall–Kier alpha value is 0. The molecule has 30 heavy (non-hydrogen) atoms. The van der Waals surface area contributed by atoms with Gasteiger partial charge in [-0.25, -0.2) is 0 Å². The second kappa shape index (κ2) is 9.87. The van der Waals surface area contributed by atoms with Crippen LogP contribution in [0.4, 0.5) is 0 Å². The molecular formula is C30H52. The summed E-state index contributed by atoms with van der Waals surface area (Å²) in [6, 6.07) is 0. The van der Waals surface area contributed by atoms with E-state index in [0.717, 1.165) is 53.3 Å². The molecule has 0 aliphatic heterocycles. The van der Waals surface area contributed by atoms with Gasteiger partial charge in [0.2, 0.25) is 0 Å². The van der Waals surface area contributed by atoms with Gasteiger partial charge in [-0.05, 0) is 117 Å². The lowest BCUT2D eigenvalue weighted by molar-refractivity contribution is -0.0611. The van der Waals surface area contributed by atoms with Crippen LogP contribution in [-0.2, 0) is 0 Å². The fourth-order valence-corrected chi connectivity index (χ4v) is 9.95. The van der Waals surface area contributed by atoms with E-state index in [1.165, 1.54) is 50.9 Å². The Bertz CT molecular complexity index is 506. The second-order valence-electron chi connectivity index (χ2n) is 13.3. The Morgan fingerprint density at radius 1 is 0.567 bits per heavy atom. The molecule has 5 unspecified atom stereocenters. The summed E-state index contributed by atoms with van der Waals surface area (Å²) < 4.78 is 0. The Balaban J connectivity index is 1.13. The van der Waals surface area contributed by atoms with Crippen molar-refractivity contribution in [1.82, 2.24) is 0 Å². The first-order valence-corrected chi connectivity index (χ1v) is 14.7.